The highest BCUT2D eigenvalue weighted by molar-refractivity contribution is 5.67. The summed E-state index contributed by atoms with van der Waals surface area (Å²) >= 11 is 0. The maximum atomic E-state index is 11.2. The summed E-state index contributed by atoms with van der Waals surface area (Å²) in [6, 6.07) is 0. The number of ether oxygens (including phenoxy) is 1. The molecule has 0 aromatic rings. The molecule has 1 amide bonds. The Kier molecular flexibility index (Phi) is 3.75. The van der Waals surface area contributed by atoms with E-state index in [0.29, 0.717) is 6.54 Å². The standard InChI is InChI=1S/C10H20N2O2/c1-4-12-9(13)14-8-5-6-11-7-10(8,2)3/h8,11H,4-7H2,1-3H3,(H,12,13). The molecule has 1 aliphatic heterocycles. The van der Waals surface area contributed by atoms with Crippen molar-refractivity contribution < 1.29 is 9.53 Å². The van der Waals surface area contributed by atoms with E-state index in [9.17, 15) is 4.79 Å². The molecule has 0 bridgehead atoms. The lowest BCUT2D eigenvalue weighted by molar-refractivity contribution is 0.00342. The van der Waals surface area contributed by atoms with E-state index < -0.39 is 0 Å². The first-order valence-corrected chi connectivity index (χ1v) is 5.21. The molecular formula is C10H20N2O2. The third-order valence-electron chi connectivity index (χ3n) is 2.61. The molecule has 1 atom stereocenters. The normalized spacial score (nSPS) is 25.5. The summed E-state index contributed by atoms with van der Waals surface area (Å²) < 4.78 is 5.36. The van der Waals surface area contributed by atoms with Gasteiger partial charge in [-0.3, -0.25) is 0 Å². The summed E-state index contributed by atoms with van der Waals surface area (Å²) in [5.74, 6) is 0. The number of carbonyl (C=O) groups is 1. The van der Waals surface area contributed by atoms with Crippen LogP contribution < -0.4 is 10.6 Å². The number of hydrogen-bond donors (Lipinski definition) is 2. The summed E-state index contributed by atoms with van der Waals surface area (Å²) in [7, 11) is 0. The van der Waals surface area contributed by atoms with Crippen LogP contribution in [0.3, 0.4) is 0 Å². The Morgan fingerprint density at radius 1 is 1.64 bits per heavy atom. The van der Waals surface area contributed by atoms with Crippen LogP contribution in [0.25, 0.3) is 0 Å². The highest BCUT2D eigenvalue weighted by Crippen LogP contribution is 2.27. The lowest BCUT2D eigenvalue weighted by Gasteiger charge is -2.38. The van der Waals surface area contributed by atoms with Gasteiger partial charge in [0.15, 0.2) is 0 Å². The second kappa shape index (κ2) is 4.64. The van der Waals surface area contributed by atoms with Crippen molar-refractivity contribution in [3.05, 3.63) is 0 Å². The fraction of sp³-hybridized carbons (Fsp3) is 0.900. The maximum Gasteiger partial charge on any atom is 0.407 e. The van der Waals surface area contributed by atoms with Crippen molar-refractivity contribution in [3.8, 4) is 0 Å². The molecule has 0 aromatic carbocycles. The van der Waals surface area contributed by atoms with Gasteiger partial charge in [0.1, 0.15) is 6.10 Å². The van der Waals surface area contributed by atoms with Crippen LogP contribution in [0.2, 0.25) is 0 Å². The molecule has 1 unspecified atom stereocenters. The van der Waals surface area contributed by atoms with Gasteiger partial charge < -0.3 is 15.4 Å². The maximum absolute atomic E-state index is 11.2. The van der Waals surface area contributed by atoms with Crippen LogP contribution in [-0.4, -0.2) is 31.8 Å². The number of rotatable bonds is 2. The molecule has 0 saturated carbocycles. The van der Waals surface area contributed by atoms with Gasteiger partial charge in [0.05, 0.1) is 0 Å². The van der Waals surface area contributed by atoms with Crippen LogP contribution in [0.15, 0.2) is 0 Å². The fourth-order valence-electron chi connectivity index (χ4n) is 1.68. The van der Waals surface area contributed by atoms with Gasteiger partial charge >= 0.3 is 6.09 Å². The van der Waals surface area contributed by atoms with Crippen molar-refractivity contribution in [2.24, 2.45) is 5.41 Å². The van der Waals surface area contributed by atoms with Gasteiger partial charge in [-0.15, -0.1) is 0 Å². The van der Waals surface area contributed by atoms with E-state index in [1.807, 2.05) is 6.92 Å². The van der Waals surface area contributed by atoms with Crippen LogP contribution in [0.5, 0.6) is 0 Å². The van der Waals surface area contributed by atoms with Crippen molar-refractivity contribution in [3.63, 3.8) is 0 Å². The minimum absolute atomic E-state index is 0.0234. The Bertz CT molecular complexity index is 204. The van der Waals surface area contributed by atoms with Crippen molar-refractivity contribution >= 4 is 6.09 Å². The van der Waals surface area contributed by atoms with Crippen LogP contribution in [-0.2, 0) is 4.74 Å². The first kappa shape index (κ1) is 11.3. The van der Waals surface area contributed by atoms with Crippen molar-refractivity contribution in [1.29, 1.82) is 0 Å². The smallest absolute Gasteiger partial charge is 0.407 e. The minimum atomic E-state index is -0.299. The SMILES string of the molecule is CCNC(=O)OC1CCNCC1(C)C. The largest absolute Gasteiger partial charge is 0.446 e. The monoisotopic (exact) mass is 200 g/mol. The summed E-state index contributed by atoms with van der Waals surface area (Å²) in [5.41, 5.74) is 0.0311. The lowest BCUT2D eigenvalue weighted by atomic mass is 9.82. The highest BCUT2D eigenvalue weighted by atomic mass is 16.6. The fourth-order valence-corrected chi connectivity index (χ4v) is 1.68. The van der Waals surface area contributed by atoms with Crippen LogP contribution in [0, 0.1) is 5.41 Å². The number of carbonyl (C=O) groups excluding carboxylic acids is 1. The van der Waals surface area contributed by atoms with E-state index in [-0.39, 0.29) is 17.6 Å². The molecule has 14 heavy (non-hydrogen) atoms. The zero-order valence-electron chi connectivity index (χ0n) is 9.22. The molecule has 1 saturated heterocycles. The third kappa shape index (κ3) is 2.87. The summed E-state index contributed by atoms with van der Waals surface area (Å²) in [4.78, 5) is 11.2. The molecule has 0 aromatic heterocycles. The molecule has 0 radical (unpaired) electrons. The Hall–Kier alpha value is -0.770. The van der Waals surface area contributed by atoms with E-state index in [4.69, 9.17) is 4.74 Å². The van der Waals surface area contributed by atoms with Crippen LogP contribution in [0.4, 0.5) is 4.79 Å². The zero-order valence-corrected chi connectivity index (χ0v) is 9.22. The van der Waals surface area contributed by atoms with Crippen molar-refractivity contribution in [1.82, 2.24) is 10.6 Å². The quantitative estimate of drug-likeness (QED) is 0.702. The van der Waals surface area contributed by atoms with E-state index in [1.165, 1.54) is 0 Å². The molecule has 82 valence electrons. The van der Waals surface area contributed by atoms with E-state index in [2.05, 4.69) is 24.5 Å². The number of amides is 1. The van der Waals surface area contributed by atoms with E-state index in [1.54, 1.807) is 0 Å². The molecule has 4 heteroatoms. The van der Waals surface area contributed by atoms with E-state index >= 15 is 0 Å². The number of hydrogen-bond acceptors (Lipinski definition) is 3. The Morgan fingerprint density at radius 2 is 2.36 bits per heavy atom. The third-order valence-corrected chi connectivity index (χ3v) is 2.61. The highest BCUT2D eigenvalue weighted by Gasteiger charge is 2.34. The predicted octanol–water partition coefficient (Wildman–Crippen LogP) is 1.12. The number of alkyl carbamates (subject to hydrolysis) is 1. The molecule has 0 spiro atoms. The lowest BCUT2D eigenvalue weighted by Crippen LogP contribution is -2.49. The van der Waals surface area contributed by atoms with E-state index in [0.717, 1.165) is 19.5 Å². The van der Waals surface area contributed by atoms with Crippen molar-refractivity contribution in [2.75, 3.05) is 19.6 Å². The van der Waals surface area contributed by atoms with Crippen molar-refractivity contribution in [2.45, 2.75) is 33.3 Å². The number of piperidine rings is 1. The second-order valence-electron chi connectivity index (χ2n) is 4.38. The molecule has 4 nitrogen and oxygen atoms in total. The van der Waals surface area contributed by atoms with Gasteiger partial charge in [-0.2, -0.15) is 0 Å². The molecule has 1 aliphatic rings. The minimum Gasteiger partial charge on any atom is -0.446 e. The predicted molar refractivity (Wildman–Crippen MR) is 55.2 cm³/mol. The van der Waals surface area contributed by atoms with Gasteiger partial charge in [0, 0.05) is 18.5 Å². The van der Waals surface area contributed by atoms with Gasteiger partial charge in [-0.25, -0.2) is 4.79 Å². The molecule has 2 N–H and O–H groups in total. The van der Waals surface area contributed by atoms with Crippen LogP contribution >= 0.6 is 0 Å². The second-order valence-corrected chi connectivity index (χ2v) is 4.38. The average Bonchev–Trinajstić information content (AvgIpc) is 2.09. The molecular weight excluding hydrogens is 180 g/mol. The molecule has 0 aliphatic carbocycles. The average molecular weight is 200 g/mol. The molecule has 1 rings (SSSR count). The molecule has 1 heterocycles. The zero-order chi connectivity index (χ0) is 10.6. The summed E-state index contributed by atoms with van der Waals surface area (Å²) in [6.07, 6.45) is 0.618. The Balaban J connectivity index is 2.45. The van der Waals surface area contributed by atoms with Gasteiger partial charge in [-0.05, 0) is 19.9 Å². The summed E-state index contributed by atoms with van der Waals surface area (Å²) in [6.45, 7) is 8.55. The first-order valence-electron chi connectivity index (χ1n) is 5.21. The van der Waals surface area contributed by atoms with Gasteiger partial charge in [0.2, 0.25) is 0 Å². The summed E-state index contributed by atoms with van der Waals surface area (Å²) in [5, 5.41) is 5.95. The Labute approximate surface area is 85.4 Å². The topological polar surface area (TPSA) is 50.4 Å². The van der Waals surface area contributed by atoms with Gasteiger partial charge in [0.25, 0.3) is 0 Å². The van der Waals surface area contributed by atoms with Gasteiger partial charge in [-0.1, -0.05) is 13.8 Å². The number of nitrogens with one attached hydrogen (secondary N) is 2. The van der Waals surface area contributed by atoms with Crippen LogP contribution in [0.1, 0.15) is 27.2 Å². The first-order chi connectivity index (χ1) is 6.56. The molecule has 1 fully saturated rings. The Morgan fingerprint density at radius 3 is 2.93 bits per heavy atom.